The lowest BCUT2D eigenvalue weighted by atomic mass is 10.1. The average Bonchev–Trinajstić information content (AvgIpc) is 2.76. The third kappa shape index (κ3) is 3.95. The molecule has 8 heteroatoms. The van der Waals surface area contributed by atoms with Crippen LogP contribution in [0.3, 0.4) is 0 Å². The monoisotopic (exact) mass is 419 g/mol. The molecule has 4 N–H and O–H groups in total. The highest BCUT2D eigenvalue weighted by molar-refractivity contribution is 5.81. The van der Waals surface area contributed by atoms with Gasteiger partial charge >= 0.3 is 0 Å². The zero-order valence-corrected chi connectivity index (χ0v) is 16.4. The van der Waals surface area contributed by atoms with Crippen LogP contribution < -0.4 is 21.5 Å². The number of phenolic OH excluding ortho intramolecular Hbond substituents is 2. The molecule has 3 aromatic carbocycles. The van der Waals surface area contributed by atoms with E-state index in [1.54, 1.807) is 31.2 Å². The van der Waals surface area contributed by atoms with Crippen LogP contribution in [0.2, 0.25) is 0 Å². The highest BCUT2D eigenvalue weighted by Gasteiger charge is 2.23. The average molecular weight is 419 g/mol. The molecule has 0 saturated heterocycles. The Morgan fingerprint density at radius 1 is 0.935 bits per heavy atom. The number of benzene rings is 2. The first-order valence-corrected chi connectivity index (χ1v) is 9.45. The zero-order valence-electron chi connectivity index (χ0n) is 16.4. The molecule has 0 aliphatic rings. The summed E-state index contributed by atoms with van der Waals surface area (Å²) in [7, 11) is 0. The fourth-order valence-electron chi connectivity index (χ4n) is 3.26. The minimum absolute atomic E-state index is 0.0841. The standard InChI is InChI=1S/C23H18FN3O4/c1-12(13-4-2-5-15(28)10-13)25-20-21(23(31)22(20)30)26-14-8-9-18(29)16(11-14)17-6-3-7-19(24)27-17/h2-12,25-26,28-29H,1H3/t12-/m0/s1. The second-order valence-electron chi connectivity index (χ2n) is 7.07. The first-order valence-electron chi connectivity index (χ1n) is 9.45. The van der Waals surface area contributed by atoms with Gasteiger partial charge in [-0.15, -0.1) is 0 Å². The fourth-order valence-corrected chi connectivity index (χ4v) is 3.26. The van der Waals surface area contributed by atoms with Gasteiger partial charge in [0.05, 0.1) is 5.69 Å². The number of phenols is 2. The summed E-state index contributed by atoms with van der Waals surface area (Å²) in [5, 5.41) is 25.7. The van der Waals surface area contributed by atoms with Crippen LogP contribution in [0.1, 0.15) is 18.5 Å². The molecule has 7 nitrogen and oxygen atoms in total. The maximum Gasteiger partial charge on any atom is 0.253 e. The Labute approximate surface area is 176 Å². The summed E-state index contributed by atoms with van der Waals surface area (Å²) < 4.78 is 13.5. The molecule has 0 fully saturated rings. The van der Waals surface area contributed by atoms with Gasteiger partial charge in [-0.1, -0.05) is 18.2 Å². The molecule has 0 spiro atoms. The normalized spacial score (nSPS) is 11.9. The Morgan fingerprint density at radius 3 is 2.42 bits per heavy atom. The summed E-state index contributed by atoms with van der Waals surface area (Å²) in [5.41, 5.74) is 0.527. The van der Waals surface area contributed by atoms with Gasteiger partial charge in [-0.25, -0.2) is 4.98 Å². The summed E-state index contributed by atoms with van der Waals surface area (Å²) in [6, 6.07) is 14.9. The van der Waals surface area contributed by atoms with Crippen LogP contribution in [-0.2, 0) is 0 Å². The lowest BCUT2D eigenvalue weighted by molar-refractivity contribution is 0.474. The first kappa shape index (κ1) is 20.1. The van der Waals surface area contributed by atoms with Gasteiger partial charge < -0.3 is 20.8 Å². The first-order chi connectivity index (χ1) is 14.8. The number of aromatic nitrogens is 1. The van der Waals surface area contributed by atoms with Crippen molar-refractivity contribution in [2.45, 2.75) is 13.0 Å². The highest BCUT2D eigenvalue weighted by atomic mass is 19.1. The molecule has 156 valence electrons. The predicted molar refractivity (Wildman–Crippen MR) is 116 cm³/mol. The maximum atomic E-state index is 13.5. The Balaban J connectivity index is 1.61. The molecule has 0 aliphatic heterocycles. The van der Waals surface area contributed by atoms with Gasteiger partial charge in [0.25, 0.3) is 10.9 Å². The van der Waals surface area contributed by atoms with Crippen LogP contribution in [0.15, 0.2) is 70.3 Å². The maximum absolute atomic E-state index is 13.5. The molecule has 0 saturated carbocycles. The largest absolute Gasteiger partial charge is 0.508 e. The van der Waals surface area contributed by atoms with Gasteiger partial charge in [0, 0.05) is 17.3 Å². The molecule has 4 aromatic rings. The molecule has 4 rings (SSSR count). The van der Waals surface area contributed by atoms with E-state index < -0.39 is 16.8 Å². The lowest BCUT2D eigenvalue weighted by Gasteiger charge is -2.20. The minimum Gasteiger partial charge on any atom is -0.508 e. The zero-order chi connectivity index (χ0) is 22.1. The van der Waals surface area contributed by atoms with E-state index in [0.717, 1.165) is 5.56 Å². The van der Waals surface area contributed by atoms with Crippen LogP contribution >= 0.6 is 0 Å². The molecular formula is C23H18FN3O4. The quantitative estimate of drug-likeness (QED) is 0.214. The SMILES string of the molecule is C[C@H](Nc1c(Nc2ccc(O)c(-c3cccc(F)n3)c2)c(=O)c1=O)c1cccc(O)c1. The summed E-state index contributed by atoms with van der Waals surface area (Å²) >= 11 is 0. The van der Waals surface area contributed by atoms with Gasteiger partial charge in [0.2, 0.25) is 5.95 Å². The second-order valence-corrected chi connectivity index (χ2v) is 7.07. The lowest BCUT2D eigenvalue weighted by Crippen LogP contribution is -2.37. The van der Waals surface area contributed by atoms with Gasteiger partial charge in [-0.3, -0.25) is 9.59 Å². The smallest absolute Gasteiger partial charge is 0.253 e. The molecule has 1 heterocycles. The Bertz CT molecular complexity index is 1350. The third-order valence-corrected chi connectivity index (χ3v) is 4.90. The van der Waals surface area contributed by atoms with Crippen molar-refractivity contribution in [3.05, 3.63) is 92.6 Å². The Kier molecular flexibility index (Phi) is 5.12. The summed E-state index contributed by atoms with van der Waals surface area (Å²) in [6.45, 7) is 1.80. The second kappa shape index (κ2) is 7.91. The van der Waals surface area contributed by atoms with Crippen LogP contribution in [0.25, 0.3) is 11.3 Å². The number of hydrogen-bond donors (Lipinski definition) is 4. The van der Waals surface area contributed by atoms with Crippen LogP contribution in [0.4, 0.5) is 21.5 Å². The molecule has 0 unspecified atom stereocenters. The summed E-state index contributed by atoms with van der Waals surface area (Å²) in [5.74, 6) is -0.702. The van der Waals surface area contributed by atoms with Gasteiger partial charge in [0.15, 0.2) is 0 Å². The van der Waals surface area contributed by atoms with Crippen LogP contribution in [0, 0.1) is 5.95 Å². The minimum atomic E-state index is -0.690. The van der Waals surface area contributed by atoms with Gasteiger partial charge in [0.1, 0.15) is 22.9 Å². The van der Waals surface area contributed by atoms with E-state index in [9.17, 15) is 24.2 Å². The molecule has 0 amide bonds. The van der Waals surface area contributed by atoms with E-state index in [4.69, 9.17) is 0 Å². The molecule has 31 heavy (non-hydrogen) atoms. The van der Waals surface area contributed by atoms with Crippen LogP contribution in [-0.4, -0.2) is 15.2 Å². The topological polar surface area (TPSA) is 112 Å². The third-order valence-electron chi connectivity index (χ3n) is 4.90. The summed E-state index contributed by atoms with van der Waals surface area (Å²) in [4.78, 5) is 28.0. The number of anilines is 3. The number of nitrogens with zero attached hydrogens (tertiary/aromatic N) is 1. The molecule has 0 aliphatic carbocycles. The van der Waals surface area contributed by atoms with Crippen molar-refractivity contribution in [1.82, 2.24) is 4.98 Å². The Hall–Kier alpha value is -4.20. The molecule has 0 radical (unpaired) electrons. The van der Waals surface area contributed by atoms with Crippen molar-refractivity contribution in [3.8, 4) is 22.8 Å². The number of halogens is 1. The van der Waals surface area contributed by atoms with E-state index in [-0.39, 0.29) is 40.2 Å². The van der Waals surface area contributed by atoms with Crippen molar-refractivity contribution in [2.75, 3.05) is 10.6 Å². The molecular weight excluding hydrogens is 401 g/mol. The van der Waals surface area contributed by atoms with Crippen molar-refractivity contribution >= 4 is 17.1 Å². The molecule has 1 atom stereocenters. The fraction of sp³-hybridized carbons (Fsp3) is 0.0870. The number of aromatic hydroxyl groups is 2. The van der Waals surface area contributed by atoms with E-state index in [0.29, 0.717) is 5.69 Å². The van der Waals surface area contributed by atoms with Crippen molar-refractivity contribution in [1.29, 1.82) is 0 Å². The number of nitrogens with one attached hydrogen (secondary N) is 2. The van der Waals surface area contributed by atoms with Gasteiger partial charge in [-0.05, 0) is 55.0 Å². The number of rotatable bonds is 6. The van der Waals surface area contributed by atoms with E-state index >= 15 is 0 Å². The molecule has 0 bridgehead atoms. The van der Waals surface area contributed by atoms with E-state index in [1.165, 1.54) is 36.4 Å². The van der Waals surface area contributed by atoms with Crippen molar-refractivity contribution < 1.29 is 14.6 Å². The van der Waals surface area contributed by atoms with Crippen molar-refractivity contribution in [3.63, 3.8) is 0 Å². The summed E-state index contributed by atoms with van der Waals surface area (Å²) in [6.07, 6.45) is 0. The van der Waals surface area contributed by atoms with E-state index in [1.807, 2.05) is 0 Å². The predicted octanol–water partition coefficient (Wildman–Crippen LogP) is 3.81. The highest BCUT2D eigenvalue weighted by Crippen LogP contribution is 2.33. The number of hydrogen-bond acceptors (Lipinski definition) is 7. The van der Waals surface area contributed by atoms with Crippen molar-refractivity contribution in [2.24, 2.45) is 0 Å². The van der Waals surface area contributed by atoms with E-state index in [2.05, 4.69) is 15.6 Å². The van der Waals surface area contributed by atoms with Crippen LogP contribution in [0.5, 0.6) is 11.5 Å². The Morgan fingerprint density at radius 2 is 1.68 bits per heavy atom. The van der Waals surface area contributed by atoms with Gasteiger partial charge in [-0.2, -0.15) is 4.39 Å². The number of pyridine rings is 1. The molecule has 1 aromatic heterocycles.